The molecule has 162 valence electrons. The van der Waals surface area contributed by atoms with Crippen LogP contribution in [0.25, 0.3) is 0 Å². The van der Waals surface area contributed by atoms with Crippen LogP contribution in [-0.2, 0) is 14.2 Å². The molecule has 2 aliphatic rings. The molecule has 0 radical (unpaired) electrons. The largest absolute Gasteiger partial charge is 0.497 e. The first kappa shape index (κ1) is 20.9. The van der Waals surface area contributed by atoms with E-state index in [1.165, 1.54) is 24.3 Å². The Morgan fingerprint density at radius 3 is 2.06 bits per heavy atom. The third-order valence-electron chi connectivity index (χ3n) is 5.64. The van der Waals surface area contributed by atoms with Crippen LogP contribution in [0, 0.1) is 17.6 Å². The summed E-state index contributed by atoms with van der Waals surface area (Å²) in [6, 6.07) is 12.5. The van der Waals surface area contributed by atoms with Crippen molar-refractivity contribution in [2.45, 2.75) is 18.9 Å². The van der Waals surface area contributed by atoms with Gasteiger partial charge >= 0.3 is 0 Å². The highest BCUT2D eigenvalue weighted by Crippen LogP contribution is 2.39. The van der Waals surface area contributed by atoms with E-state index < -0.39 is 0 Å². The van der Waals surface area contributed by atoms with Crippen molar-refractivity contribution >= 4 is 11.4 Å². The van der Waals surface area contributed by atoms with Crippen LogP contribution in [0.2, 0.25) is 0 Å². The molecule has 2 aromatic rings. The number of hydrogen-bond donors (Lipinski definition) is 0. The summed E-state index contributed by atoms with van der Waals surface area (Å²) >= 11 is 0. The first-order chi connectivity index (χ1) is 15.0. The van der Waals surface area contributed by atoms with Gasteiger partial charge in [-0.1, -0.05) is 12.1 Å². The summed E-state index contributed by atoms with van der Waals surface area (Å²) in [5.74, 6) is 1.26. The standard InChI is InChI=1S/C24H24F2N2O3/c1-29-22-12-16(13-23(30-2)24(22)31-3)21-14-20(15-4-6-17(25)7-5-15)27-28(21)19-10-8-18(26)9-11-19/h4-12,16,21H,13-14H2,1-3H3. The summed E-state index contributed by atoms with van der Waals surface area (Å²) in [7, 11) is 4.78. The minimum absolute atomic E-state index is 0.00412. The fourth-order valence-corrected chi connectivity index (χ4v) is 4.09. The molecule has 0 saturated heterocycles. The van der Waals surface area contributed by atoms with E-state index in [1.54, 1.807) is 45.6 Å². The maximum Gasteiger partial charge on any atom is 0.198 e. The molecule has 0 saturated carbocycles. The maximum absolute atomic E-state index is 13.5. The Balaban J connectivity index is 1.71. The van der Waals surface area contributed by atoms with E-state index >= 15 is 0 Å². The Hall–Kier alpha value is -3.35. The van der Waals surface area contributed by atoms with Crippen LogP contribution in [0.15, 0.2) is 77.0 Å². The van der Waals surface area contributed by atoms with Crippen molar-refractivity contribution in [2.75, 3.05) is 26.3 Å². The van der Waals surface area contributed by atoms with Gasteiger partial charge in [0, 0.05) is 18.8 Å². The summed E-state index contributed by atoms with van der Waals surface area (Å²) < 4.78 is 43.6. The molecule has 1 heterocycles. The number of ether oxygens (including phenoxy) is 3. The summed E-state index contributed by atoms with van der Waals surface area (Å²) in [6.07, 6.45) is 3.24. The highest BCUT2D eigenvalue weighted by molar-refractivity contribution is 6.03. The van der Waals surface area contributed by atoms with Crippen molar-refractivity contribution in [3.8, 4) is 0 Å². The van der Waals surface area contributed by atoms with Crippen LogP contribution < -0.4 is 5.01 Å². The molecule has 7 heteroatoms. The highest BCUT2D eigenvalue weighted by Gasteiger charge is 2.38. The van der Waals surface area contributed by atoms with Gasteiger partial charge in [0.15, 0.2) is 11.5 Å². The van der Waals surface area contributed by atoms with E-state index in [0.717, 1.165) is 17.0 Å². The molecule has 0 amide bonds. The summed E-state index contributed by atoms with van der Waals surface area (Å²) in [4.78, 5) is 0. The highest BCUT2D eigenvalue weighted by atomic mass is 19.1. The van der Waals surface area contributed by atoms with Gasteiger partial charge in [-0.2, -0.15) is 5.10 Å². The number of nitrogens with zero attached hydrogens (tertiary/aromatic N) is 2. The van der Waals surface area contributed by atoms with Crippen molar-refractivity contribution in [3.63, 3.8) is 0 Å². The molecule has 2 unspecified atom stereocenters. The number of halogens is 2. The lowest BCUT2D eigenvalue weighted by Crippen LogP contribution is -2.35. The third-order valence-corrected chi connectivity index (χ3v) is 5.64. The molecule has 2 atom stereocenters. The van der Waals surface area contributed by atoms with Gasteiger partial charge in [0.25, 0.3) is 0 Å². The fourth-order valence-electron chi connectivity index (χ4n) is 4.09. The molecule has 4 rings (SSSR count). The zero-order valence-electron chi connectivity index (χ0n) is 17.6. The number of rotatable bonds is 6. The smallest absolute Gasteiger partial charge is 0.198 e. The Labute approximate surface area is 180 Å². The van der Waals surface area contributed by atoms with Gasteiger partial charge in [-0.25, -0.2) is 8.78 Å². The predicted molar refractivity (Wildman–Crippen MR) is 114 cm³/mol. The lowest BCUT2D eigenvalue weighted by Gasteiger charge is -2.32. The average Bonchev–Trinajstić information content (AvgIpc) is 3.24. The number of allylic oxidation sites excluding steroid dienone is 1. The molecule has 0 N–H and O–H groups in total. The molecule has 0 fully saturated rings. The Morgan fingerprint density at radius 1 is 0.839 bits per heavy atom. The molecule has 5 nitrogen and oxygen atoms in total. The zero-order valence-corrected chi connectivity index (χ0v) is 17.6. The number of hydrazone groups is 1. The van der Waals surface area contributed by atoms with Crippen molar-refractivity contribution in [2.24, 2.45) is 11.0 Å². The maximum atomic E-state index is 13.5. The van der Waals surface area contributed by atoms with Gasteiger partial charge in [0.1, 0.15) is 17.4 Å². The molecule has 0 aromatic heterocycles. The molecule has 2 aromatic carbocycles. The minimum atomic E-state index is -0.309. The van der Waals surface area contributed by atoms with Crippen molar-refractivity contribution < 1.29 is 23.0 Å². The minimum Gasteiger partial charge on any atom is -0.497 e. The van der Waals surface area contributed by atoms with E-state index in [-0.39, 0.29) is 23.6 Å². The number of benzene rings is 2. The van der Waals surface area contributed by atoms with Gasteiger partial charge < -0.3 is 14.2 Å². The quantitative estimate of drug-likeness (QED) is 0.652. The Bertz CT molecular complexity index is 1030. The molecule has 1 aliphatic heterocycles. The van der Waals surface area contributed by atoms with Crippen LogP contribution in [0.4, 0.5) is 14.5 Å². The fraction of sp³-hybridized carbons (Fsp3) is 0.292. The Morgan fingerprint density at radius 2 is 1.48 bits per heavy atom. The van der Waals surface area contributed by atoms with Crippen LogP contribution in [-0.4, -0.2) is 33.1 Å². The van der Waals surface area contributed by atoms with Crippen LogP contribution in [0.3, 0.4) is 0 Å². The lowest BCUT2D eigenvalue weighted by atomic mass is 9.86. The number of methoxy groups -OCH3 is 3. The lowest BCUT2D eigenvalue weighted by molar-refractivity contribution is 0.163. The van der Waals surface area contributed by atoms with E-state index in [0.29, 0.717) is 30.1 Å². The van der Waals surface area contributed by atoms with Gasteiger partial charge in [0.2, 0.25) is 0 Å². The van der Waals surface area contributed by atoms with Crippen LogP contribution in [0.1, 0.15) is 18.4 Å². The number of anilines is 1. The number of hydrogen-bond acceptors (Lipinski definition) is 5. The van der Waals surface area contributed by atoms with Crippen molar-refractivity contribution in [3.05, 3.63) is 89.1 Å². The van der Waals surface area contributed by atoms with Crippen LogP contribution in [0.5, 0.6) is 0 Å². The van der Waals surface area contributed by atoms with Gasteiger partial charge in [-0.3, -0.25) is 5.01 Å². The first-order valence-electron chi connectivity index (χ1n) is 9.99. The summed E-state index contributed by atoms with van der Waals surface area (Å²) in [6.45, 7) is 0. The second kappa shape index (κ2) is 8.79. The predicted octanol–water partition coefficient (Wildman–Crippen LogP) is 5.00. The average molecular weight is 426 g/mol. The topological polar surface area (TPSA) is 43.3 Å². The van der Waals surface area contributed by atoms with E-state index in [9.17, 15) is 8.78 Å². The van der Waals surface area contributed by atoms with Crippen molar-refractivity contribution in [1.29, 1.82) is 0 Å². The van der Waals surface area contributed by atoms with E-state index in [2.05, 4.69) is 0 Å². The zero-order chi connectivity index (χ0) is 22.0. The SMILES string of the molecule is COC1=CC(C2CC(c3ccc(F)cc3)=NN2c2ccc(F)cc2)CC(OC)=C1OC. The van der Waals surface area contributed by atoms with E-state index in [1.807, 2.05) is 11.1 Å². The molecule has 1 aliphatic carbocycles. The van der Waals surface area contributed by atoms with Gasteiger partial charge in [0.05, 0.1) is 38.8 Å². The third kappa shape index (κ3) is 4.13. The Kier molecular flexibility index (Phi) is 5.93. The molecule has 31 heavy (non-hydrogen) atoms. The van der Waals surface area contributed by atoms with Crippen LogP contribution >= 0.6 is 0 Å². The first-order valence-corrected chi connectivity index (χ1v) is 9.99. The molecule has 0 spiro atoms. The second-order valence-electron chi connectivity index (χ2n) is 7.41. The molecule has 0 bridgehead atoms. The molecular weight excluding hydrogens is 402 g/mol. The van der Waals surface area contributed by atoms with Gasteiger partial charge in [-0.05, 0) is 48.0 Å². The van der Waals surface area contributed by atoms with E-state index in [4.69, 9.17) is 19.3 Å². The molecular formula is C24H24F2N2O3. The van der Waals surface area contributed by atoms with Gasteiger partial charge in [-0.15, -0.1) is 0 Å². The summed E-state index contributed by atoms with van der Waals surface area (Å²) in [5.41, 5.74) is 2.46. The normalized spacial score (nSPS) is 21.0. The monoisotopic (exact) mass is 426 g/mol. The second-order valence-corrected chi connectivity index (χ2v) is 7.41. The summed E-state index contributed by atoms with van der Waals surface area (Å²) in [5, 5.41) is 6.73. The van der Waals surface area contributed by atoms with Crippen molar-refractivity contribution in [1.82, 2.24) is 0 Å².